The summed E-state index contributed by atoms with van der Waals surface area (Å²) in [6.45, 7) is -0.0207. The van der Waals surface area contributed by atoms with E-state index in [-0.39, 0.29) is 30.9 Å². The van der Waals surface area contributed by atoms with E-state index in [9.17, 15) is 14.7 Å². The largest absolute Gasteiger partial charge is 0.497 e. The van der Waals surface area contributed by atoms with E-state index in [1.165, 1.54) is 12.8 Å². The van der Waals surface area contributed by atoms with Gasteiger partial charge in [0.05, 0.1) is 13.5 Å². The zero-order chi connectivity index (χ0) is 24.6. The average Bonchev–Trinajstić information content (AvgIpc) is 3.14. The average molecular weight is 476 g/mol. The van der Waals surface area contributed by atoms with Crippen molar-refractivity contribution in [3.63, 3.8) is 0 Å². The summed E-state index contributed by atoms with van der Waals surface area (Å²) in [4.78, 5) is 24.1. The highest BCUT2D eigenvalue weighted by Gasteiger charge is 2.19. The maximum absolute atomic E-state index is 12.4. The van der Waals surface area contributed by atoms with Crippen LogP contribution in [0.5, 0.6) is 11.5 Å². The Morgan fingerprint density at radius 1 is 0.914 bits per heavy atom. The predicted octanol–water partition coefficient (Wildman–Crippen LogP) is 5.67. The second kappa shape index (κ2) is 11.7. The van der Waals surface area contributed by atoms with Crippen molar-refractivity contribution in [3.8, 4) is 11.5 Å². The van der Waals surface area contributed by atoms with Crippen molar-refractivity contribution >= 4 is 22.6 Å². The molecule has 1 fully saturated rings. The molecule has 184 valence electrons. The van der Waals surface area contributed by atoms with E-state index >= 15 is 0 Å². The molecule has 4 rings (SSSR count). The molecule has 0 radical (unpaired) electrons. The quantitative estimate of drug-likeness (QED) is 0.389. The summed E-state index contributed by atoms with van der Waals surface area (Å²) >= 11 is 0. The van der Waals surface area contributed by atoms with Gasteiger partial charge in [-0.15, -0.1) is 0 Å². The highest BCUT2D eigenvalue weighted by molar-refractivity contribution is 5.85. The fraction of sp³-hybridized carbons (Fsp3) is 0.379. The molecule has 1 aliphatic rings. The Balaban J connectivity index is 1.50. The number of rotatable bonds is 9. The number of hydrogen-bond acceptors (Lipinski definition) is 4. The second-order valence-electron chi connectivity index (χ2n) is 9.24. The lowest BCUT2D eigenvalue weighted by Gasteiger charge is -2.18. The van der Waals surface area contributed by atoms with Crippen LogP contribution in [-0.2, 0) is 9.59 Å². The highest BCUT2D eigenvalue weighted by atomic mass is 16.5. The standard InChI is InChI=1S/C29H33NO5/c1-34-25-10-6-7-21(16-25)27(18-29(32)33)22-12-11-20-13-14-26(17-23(20)15-22)35-19-28(31)30-24-8-4-2-3-5-9-24/h6-7,10-17,24,27H,2-5,8-9,18-19H2,1H3,(H,30,31)(H,32,33). The van der Waals surface area contributed by atoms with E-state index in [0.717, 1.165) is 47.6 Å². The first-order valence-corrected chi connectivity index (χ1v) is 12.3. The molecule has 1 unspecified atom stereocenters. The van der Waals surface area contributed by atoms with Gasteiger partial charge in [0.15, 0.2) is 6.61 Å². The van der Waals surface area contributed by atoms with Crippen LogP contribution < -0.4 is 14.8 Å². The van der Waals surface area contributed by atoms with E-state index in [2.05, 4.69) is 5.32 Å². The molecule has 35 heavy (non-hydrogen) atoms. The molecule has 0 bridgehead atoms. The van der Waals surface area contributed by atoms with Gasteiger partial charge < -0.3 is 19.9 Å². The number of benzene rings is 3. The third-order valence-corrected chi connectivity index (χ3v) is 6.70. The Bertz CT molecular complexity index is 1170. The highest BCUT2D eigenvalue weighted by Crippen LogP contribution is 2.33. The van der Waals surface area contributed by atoms with Crippen LogP contribution in [0.1, 0.15) is 62.0 Å². The van der Waals surface area contributed by atoms with Gasteiger partial charge in [-0.3, -0.25) is 9.59 Å². The molecule has 0 heterocycles. The molecule has 1 saturated carbocycles. The van der Waals surface area contributed by atoms with Crippen LogP contribution in [0.4, 0.5) is 0 Å². The SMILES string of the molecule is COc1cccc(C(CC(=O)O)c2ccc3ccc(OCC(=O)NC4CCCCCC4)cc3c2)c1. The zero-order valence-electron chi connectivity index (χ0n) is 20.2. The number of carboxylic acids is 1. The lowest BCUT2D eigenvalue weighted by atomic mass is 9.87. The van der Waals surface area contributed by atoms with Crippen molar-refractivity contribution in [2.24, 2.45) is 0 Å². The summed E-state index contributed by atoms with van der Waals surface area (Å²) in [5.41, 5.74) is 1.78. The molecule has 3 aromatic carbocycles. The lowest BCUT2D eigenvalue weighted by Crippen LogP contribution is -2.37. The normalized spacial score (nSPS) is 15.2. The Labute approximate surface area is 206 Å². The van der Waals surface area contributed by atoms with Gasteiger partial charge in [-0.2, -0.15) is 0 Å². The topological polar surface area (TPSA) is 84.9 Å². The van der Waals surface area contributed by atoms with Crippen LogP contribution in [0, 0.1) is 0 Å². The van der Waals surface area contributed by atoms with E-state index in [0.29, 0.717) is 11.5 Å². The van der Waals surface area contributed by atoms with Crippen LogP contribution in [0.3, 0.4) is 0 Å². The number of carbonyl (C=O) groups is 2. The van der Waals surface area contributed by atoms with Crippen molar-refractivity contribution in [1.29, 1.82) is 0 Å². The van der Waals surface area contributed by atoms with Crippen LogP contribution >= 0.6 is 0 Å². The number of carbonyl (C=O) groups excluding carboxylic acids is 1. The molecule has 0 saturated heterocycles. The molecule has 6 nitrogen and oxygen atoms in total. The predicted molar refractivity (Wildman–Crippen MR) is 136 cm³/mol. The van der Waals surface area contributed by atoms with Gasteiger partial charge in [0.2, 0.25) is 0 Å². The second-order valence-corrected chi connectivity index (χ2v) is 9.24. The van der Waals surface area contributed by atoms with Gasteiger partial charge in [0, 0.05) is 12.0 Å². The molecular formula is C29H33NO5. The minimum absolute atomic E-state index is 0.0207. The number of carboxylic acid groups (broad SMARTS) is 1. The van der Waals surface area contributed by atoms with Crippen LogP contribution in [0.2, 0.25) is 0 Å². The molecule has 0 aromatic heterocycles. The molecule has 1 aliphatic carbocycles. The maximum atomic E-state index is 12.4. The van der Waals surface area contributed by atoms with Gasteiger partial charge >= 0.3 is 5.97 Å². The van der Waals surface area contributed by atoms with Crippen LogP contribution in [-0.4, -0.2) is 36.7 Å². The minimum Gasteiger partial charge on any atom is -0.497 e. The van der Waals surface area contributed by atoms with Crippen LogP contribution in [0.25, 0.3) is 10.8 Å². The van der Waals surface area contributed by atoms with Gasteiger partial charge in [0.25, 0.3) is 5.91 Å². The summed E-state index contributed by atoms with van der Waals surface area (Å²) in [6, 6.07) is 19.4. The molecule has 3 aromatic rings. The zero-order valence-corrected chi connectivity index (χ0v) is 20.2. The minimum atomic E-state index is -0.866. The Kier molecular flexibility index (Phi) is 8.24. The lowest BCUT2D eigenvalue weighted by molar-refractivity contribution is -0.137. The van der Waals surface area contributed by atoms with Gasteiger partial charge in [-0.1, -0.05) is 62.1 Å². The van der Waals surface area contributed by atoms with E-state index in [4.69, 9.17) is 9.47 Å². The number of hydrogen-bond donors (Lipinski definition) is 2. The smallest absolute Gasteiger partial charge is 0.304 e. The third-order valence-electron chi connectivity index (χ3n) is 6.70. The third kappa shape index (κ3) is 6.75. The fourth-order valence-corrected chi connectivity index (χ4v) is 4.85. The Morgan fingerprint density at radius 3 is 2.40 bits per heavy atom. The van der Waals surface area contributed by atoms with Gasteiger partial charge in [0.1, 0.15) is 11.5 Å². The van der Waals surface area contributed by atoms with E-state index in [1.807, 2.05) is 60.7 Å². The fourth-order valence-electron chi connectivity index (χ4n) is 4.85. The Morgan fingerprint density at radius 2 is 1.66 bits per heavy atom. The Hall–Kier alpha value is -3.54. The summed E-state index contributed by atoms with van der Waals surface area (Å²) in [6.07, 6.45) is 6.86. The van der Waals surface area contributed by atoms with E-state index in [1.54, 1.807) is 7.11 Å². The molecule has 6 heteroatoms. The van der Waals surface area contributed by atoms with Crippen molar-refractivity contribution in [1.82, 2.24) is 5.32 Å². The number of nitrogens with one attached hydrogen (secondary N) is 1. The summed E-state index contributed by atoms with van der Waals surface area (Å²) in [5, 5.41) is 14.6. The summed E-state index contributed by atoms with van der Waals surface area (Å²) in [7, 11) is 1.60. The van der Waals surface area contributed by atoms with Crippen molar-refractivity contribution in [3.05, 3.63) is 71.8 Å². The number of ether oxygens (including phenoxy) is 2. The molecule has 1 amide bonds. The number of fused-ring (bicyclic) bond motifs is 1. The molecule has 1 atom stereocenters. The van der Waals surface area contributed by atoms with Crippen LogP contribution in [0.15, 0.2) is 60.7 Å². The molecular weight excluding hydrogens is 442 g/mol. The first-order valence-electron chi connectivity index (χ1n) is 12.3. The molecule has 2 N–H and O–H groups in total. The van der Waals surface area contributed by atoms with Gasteiger partial charge in [-0.25, -0.2) is 0 Å². The monoisotopic (exact) mass is 475 g/mol. The van der Waals surface area contributed by atoms with E-state index < -0.39 is 5.97 Å². The first-order chi connectivity index (χ1) is 17.0. The first kappa shape index (κ1) is 24.6. The number of aliphatic carboxylic acids is 1. The maximum Gasteiger partial charge on any atom is 0.304 e. The summed E-state index contributed by atoms with van der Waals surface area (Å²) < 4.78 is 11.1. The van der Waals surface area contributed by atoms with Gasteiger partial charge in [-0.05, 0) is 59.0 Å². The summed E-state index contributed by atoms with van der Waals surface area (Å²) in [5.74, 6) is 0.0280. The van der Waals surface area contributed by atoms with Crippen molar-refractivity contribution in [2.75, 3.05) is 13.7 Å². The molecule has 0 spiro atoms. The van der Waals surface area contributed by atoms with Crippen molar-refractivity contribution in [2.45, 2.75) is 56.9 Å². The number of amides is 1. The van der Waals surface area contributed by atoms with Crippen molar-refractivity contribution < 1.29 is 24.2 Å². The molecule has 0 aliphatic heterocycles. The number of methoxy groups -OCH3 is 1.